The summed E-state index contributed by atoms with van der Waals surface area (Å²) in [7, 11) is 0. The standard InChI is InChI=1S/C33H37F5N6O5S/c1-5-49-29(46)23-21(40-26(27-39-10-12-50-27)41-24(23)18-7-6-8-20(34)17(18)2)14-42-16-33(37,38)25-22(42)15-44(28(45)19-13-32(19,35)36)43(25)11-9-31(3,4)30(47)48/h6-8,10,12,19,22,24-25H,5,9,11,13-16H2,1-4H3,(H,40,41)(H,47,48)/t19-,22+,24+,25-/m1/s1. The number of hydrazine groups is 1. The van der Waals surface area contributed by atoms with E-state index in [2.05, 4.69) is 10.3 Å². The van der Waals surface area contributed by atoms with Crippen molar-refractivity contribution in [3.8, 4) is 0 Å². The first-order valence-corrected chi connectivity index (χ1v) is 17.1. The summed E-state index contributed by atoms with van der Waals surface area (Å²) in [5.74, 6) is -11.7. The topological polar surface area (TPSA) is 128 Å². The van der Waals surface area contributed by atoms with Crippen molar-refractivity contribution in [2.75, 3.05) is 32.8 Å². The number of likely N-dealkylation sites (tertiary alicyclic amines) is 1. The van der Waals surface area contributed by atoms with Crippen molar-refractivity contribution >= 4 is 35.0 Å². The van der Waals surface area contributed by atoms with Gasteiger partial charge in [0.05, 0.1) is 36.7 Å². The number of hydrogen-bond acceptors (Lipinski definition) is 10. The fourth-order valence-corrected chi connectivity index (χ4v) is 7.39. The molecule has 2 aromatic rings. The summed E-state index contributed by atoms with van der Waals surface area (Å²) in [5, 5.41) is 16.9. The van der Waals surface area contributed by atoms with Crippen molar-refractivity contribution in [1.82, 2.24) is 25.2 Å². The minimum atomic E-state index is -3.48. The number of halogens is 5. The SMILES string of the molecule is CCOC(=O)C1=C(CN2CC(F)(F)[C@H]3[C@@H]2CN(C(=O)[C@H]2CC2(F)F)N3CCC(C)(C)C(=O)O)NC(c2nccs2)=N[C@H]1c1cccc(F)c1C. The number of carbonyl (C=O) groups excluding carboxylic acids is 2. The number of esters is 1. The molecule has 50 heavy (non-hydrogen) atoms. The van der Waals surface area contributed by atoms with Crippen LogP contribution in [0.1, 0.15) is 55.8 Å². The van der Waals surface area contributed by atoms with Gasteiger partial charge in [-0.15, -0.1) is 11.3 Å². The third kappa shape index (κ3) is 6.50. The molecule has 0 unspecified atom stereocenters. The Balaban J connectivity index is 1.40. The summed E-state index contributed by atoms with van der Waals surface area (Å²) >= 11 is 1.23. The summed E-state index contributed by atoms with van der Waals surface area (Å²) in [6, 6.07) is 0.488. The highest BCUT2D eigenvalue weighted by molar-refractivity contribution is 7.11. The van der Waals surface area contributed by atoms with Crippen LogP contribution in [0.4, 0.5) is 22.0 Å². The van der Waals surface area contributed by atoms with E-state index in [1.165, 1.54) is 55.3 Å². The third-order valence-electron chi connectivity index (χ3n) is 9.82. The van der Waals surface area contributed by atoms with Crippen molar-refractivity contribution < 1.29 is 46.2 Å². The quantitative estimate of drug-likeness (QED) is 0.256. The monoisotopic (exact) mass is 724 g/mol. The number of aliphatic imine (C=N–C) groups is 1. The summed E-state index contributed by atoms with van der Waals surface area (Å²) < 4.78 is 80.8. The molecule has 1 aromatic carbocycles. The summed E-state index contributed by atoms with van der Waals surface area (Å²) in [4.78, 5) is 49.3. The first-order valence-electron chi connectivity index (χ1n) is 16.2. The van der Waals surface area contributed by atoms with E-state index < -0.39 is 77.9 Å². The van der Waals surface area contributed by atoms with Gasteiger partial charge in [-0.3, -0.25) is 24.5 Å². The first kappa shape index (κ1) is 35.9. The predicted octanol–water partition coefficient (Wildman–Crippen LogP) is 4.40. The van der Waals surface area contributed by atoms with Gasteiger partial charge in [0, 0.05) is 36.8 Å². The molecule has 1 amide bonds. The number of hydrogen-bond donors (Lipinski definition) is 2. The number of rotatable bonds is 11. The van der Waals surface area contributed by atoms with Gasteiger partial charge in [-0.2, -0.15) is 0 Å². The van der Waals surface area contributed by atoms with Crippen LogP contribution in [0.25, 0.3) is 0 Å². The van der Waals surface area contributed by atoms with Gasteiger partial charge >= 0.3 is 11.9 Å². The third-order valence-corrected chi connectivity index (χ3v) is 10.6. The molecule has 4 atom stereocenters. The molecule has 11 nitrogen and oxygen atoms in total. The molecule has 0 radical (unpaired) electrons. The molecule has 1 saturated carbocycles. The van der Waals surface area contributed by atoms with E-state index in [1.54, 1.807) is 18.4 Å². The second-order valence-corrected chi connectivity index (χ2v) is 14.5. The molecule has 0 spiro atoms. The molecule has 2 N–H and O–H groups in total. The molecule has 4 aliphatic rings. The zero-order chi connectivity index (χ0) is 36.3. The van der Waals surface area contributed by atoms with Gasteiger partial charge in [0.15, 0.2) is 10.8 Å². The molecule has 3 fully saturated rings. The van der Waals surface area contributed by atoms with Crippen LogP contribution in [0.5, 0.6) is 0 Å². The Hall–Kier alpha value is -3.96. The number of aromatic nitrogens is 1. The number of nitrogens with one attached hydrogen (secondary N) is 1. The second kappa shape index (κ2) is 13.0. The first-order chi connectivity index (χ1) is 23.5. The minimum Gasteiger partial charge on any atom is -0.481 e. The number of ether oxygens (including phenoxy) is 1. The van der Waals surface area contributed by atoms with Crippen LogP contribution < -0.4 is 5.32 Å². The molecular formula is C33H37F5N6O5S. The van der Waals surface area contributed by atoms with Crippen molar-refractivity contribution in [2.24, 2.45) is 16.3 Å². The number of carboxylic acid groups (broad SMARTS) is 1. The van der Waals surface area contributed by atoms with Gasteiger partial charge in [-0.1, -0.05) is 12.1 Å². The van der Waals surface area contributed by atoms with E-state index in [1.807, 2.05) is 0 Å². The zero-order valence-corrected chi connectivity index (χ0v) is 28.6. The number of carbonyl (C=O) groups is 3. The fraction of sp³-hybridized carbons (Fsp3) is 0.545. The van der Waals surface area contributed by atoms with Gasteiger partial charge in [0.25, 0.3) is 11.8 Å². The molecule has 0 bridgehead atoms. The van der Waals surface area contributed by atoms with Crippen LogP contribution in [0.15, 0.2) is 46.0 Å². The molecule has 2 saturated heterocycles. The summed E-state index contributed by atoms with van der Waals surface area (Å²) in [6.45, 7) is 4.15. The van der Waals surface area contributed by atoms with Crippen LogP contribution in [0.2, 0.25) is 0 Å². The highest BCUT2D eigenvalue weighted by Crippen LogP contribution is 2.51. The maximum absolute atomic E-state index is 16.2. The number of alkyl halides is 4. The van der Waals surface area contributed by atoms with Gasteiger partial charge in [-0.05, 0) is 51.3 Å². The van der Waals surface area contributed by atoms with Crippen LogP contribution in [0, 0.1) is 24.1 Å². The minimum absolute atomic E-state index is 0.0233. The van der Waals surface area contributed by atoms with E-state index in [-0.39, 0.29) is 55.3 Å². The van der Waals surface area contributed by atoms with E-state index >= 15 is 8.78 Å². The Bertz CT molecular complexity index is 1750. The number of fused-ring (bicyclic) bond motifs is 1. The maximum atomic E-state index is 16.2. The van der Waals surface area contributed by atoms with Crippen molar-refractivity contribution in [1.29, 1.82) is 0 Å². The Kier molecular flexibility index (Phi) is 9.31. The highest BCUT2D eigenvalue weighted by atomic mass is 32.1. The number of amides is 1. The van der Waals surface area contributed by atoms with Crippen molar-refractivity contribution in [3.05, 3.63) is 63.0 Å². The van der Waals surface area contributed by atoms with Gasteiger partial charge < -0.3 is 15.2 Å². The molecular weight excluding hydrogens is 687 g/mol. The Morgan fingerprint density at radius 1 is 1.18 bits per heavy atom. The van der Waals surface area contributed by atoms with Gasteiger partial charge in [0.1, 0.15) is 23.8 Å². The highest BCUT2D eigenvalue weighted by Gasteiger charge is 2.67. The summed E-state index contributed by atoms with van der Waals surface area (Å²) in [5.41, 5.74) is -0.675. The maximum Gasteiger partial charge on any atom is 0.338 e. The van der Waals surface area contributed by atoms with Crippen LogP contribution in [0.3, 0.4) is 0 Å². The average molecular weight is 725 g/mol. The largest absolute Gasteiger partial charge is 0.481 e. The lowest BCUT2D eigenvalue weighted by atomic mass is 9.89. The smallest absolute Gasteiger partial charge is 0.338 e. The zero-order valence-electron chi connectivity index (χ0n) is 27.8. The lowest BCUT2D eigenvalue weighted by Crippen LogP contribution is -2.53. The predicted molar refractivity (Wildman–Crippen MR) is 171 cm³/mol. The van der Waals surface area contributed by atoms with Gasteiger partial charge in [-0.25, -0.2) is 36.7 Å². The van der Waals surface area contributed by atoms with Gasteiger partial charge in [0.2, 0.25) is 5.91 Å². The van der Waals surface area contributed by atoms with E-state index in [0.29, 0.717) is 10.6 Å². The Morgan fingerprint density at radius 2 is 1.90 bits per heavy atom. The number of amidine groups is 1. The number of carboxylic acids is 1. The van der Waals surface area contributed by atoms with Crippen LogP contribution in [-0.2, 0) is 19.1 Å². The molecule has 4 heterocycles. The summed E-state index contributed by atoms with van der Waals surface area (Å²) in [6.07, 6.45) is 0.691. The molecule has 1 aliphatic carbocycles. The molecule has 1 aromatic heterocycles. The van der Waals surface area contributed by atoms with Crippen molar-refractivity contribution in [3.63, 3.8) is 0 Å². The molecule has 3 aliphatic heterocycles. The number of nitrogens with zero attached hydrogens (tertiary/aromatic N) is 5. The fourth-order valence-electron chi connectivity index (χ4n) is 6.81. The number of benzene rings is 1. The number of aliphatic carboxylic acids is 1. The van der Waals surface area contributed by atoms with E-state index in [4.69, 9.17) is 9.73 Å². The van der Waals surface area contributed by atoms with E-state index in [0.717, 1.165) is 10.0 Å². The van der Waals surface area contributed by atoms with Crippen LogP contribution in [-0.4, -0.2) is 105 Å². The normalized spacial score (nSPS) is 26.0. The lowest BCUT2D eigenvalue weighted by Gasteiger charge is -2.35. The average Bonchev–Trinajstić information content (AvgIpc) is 3.44. The van der Waals surface area contributed by atoms with Crippen molar-refractivity contribution in [2.45, 2.75) is 70.5 Å². The van der Waals surface area contributed by atoms with E-state index in [9.17, 15) is 32.7 Å². The second-order valence-electron chi connectivity index (χ2n) is 13.6. The number of thiazole rings is 1. The molecule has 6 rings (SSSR count). The molecule has 17 heteroatoms. The lowest BCUT2D eigenvalue weighted by molar-refractivity contribution is -0.161. The Labute approximate surface area is 288 Å². The Morgan fingerprint density at radius 3 is 2.52 bits per heavy atom. The van der Waals surface area contributed by atoms with Crippen LogP contribution >= 0.6 is 11.3 Å². The molecule has 270 valence electrons.